The lowest BCUT2D eigenvalue weighted by Crippen LogP contribution is -1.97. The quantitative estimate of drug-likeness (QED) is 0.139. The smallest absolute Gasteiger partial charge is 0.0349 e. The molecule has 0 bridgehead atoms. The number of aryl methyl sites for hydroxylation is 2. The van der Waals surface area contributed by atoms with Crippen LogP contribution in [0.1, 0.15) is 63.5 Å². The Morgan fingerprint density at radius 3 is 1.66 bits per heavy atom. The standard InChI is InChI=1S/C34H36S/c1-3-5-8-16-29-27-18-12-13-19-28(27)30(17-9-6-4-2)32-24-26(20-21-31(29)32)34-23-22-33(35-34)25-14-10-7-11-15-25/h7,10-15,18-24H,3-6,8-9,16-17H2,1-2H3. The minimum absolute atomic E-state index is 1.16. The van der Waals surface area contributed by atoms with Gasteiger partial charge in [0.25, 0.3) is 0 Å². The van der Waals surface area contributed by atoms with Gasteiger partial charge < -0.3 is 0 Å². The van der Waals surface area contributed by atoms with Crippen LogP contribution in [0.3, 0.4) is 0 Å². The molecule has 4 aromatic carbocycles. The van der Waals surface area contributed by atoms with Gasteiger partial charge in [-0.05, 0) is 87.7 Å². The summed E-state index contributed by atoms with van der Waals surface area (Å²) in [6.45, 7) is 4.59. The Morgan fingerprint density at radius 1 is 0.486 bits per heavy atom. The lowest BCUT2D eigenvalue weighted by atomic mass is 9.86. The highest BCUT2D eigenvalue weighted by molar-refractivity contribution is 7.18. The summed E-state index contributed by atoms with van der Waals surface area (Å²) in [5.41, 5.74) is 5.74. The van der Waals surface area contributed by atoms with Gasteiger partial charge >= 0.3 is 0 Å². The molecule has 0 N–H and O–H groups in total. The first-order valence-electron chi connectivity index (χ1n) is 13.4. The molecule has 0 nitrogen and oxygen atoms in total. The van der Waals surface area contributed by atoms with E-state index in [2.05, 4.69) is 98.8 Å². The highest BCUT2D eigenvalue weighted by Crippen LogP contribution is 2.40. The molecule has 35 heavy (non-hydrogen) atoms. The molecule has 178 valence electrons. The fourth-order valence-electron chi connectivity index (χ4n) is 5.40. The van der Waals surface area contributed by atoms with E-state index in [0.717, 1.165) is 12.8 Å². The third-order valence-corrected chi connectivity index (χ3v) is 8.44. The SMILES string of the molecule is CCCCCc1c2ccccc2c(CCCCC)c2cc(-c3ccc(-c4ccccc4)s3)ccc12. The summed E-state index contributed by atoms with van der Waals surface area (Å²) in [5, 5.41) is 5.88. The van der Waals surface area contributed by atoms with Crippen molar-refractivity contribution in [2.24, 2.45) is 0 Å². The first-order valence-corrected chi connectivity index (χ1v) is 14.2. The van der Waals surface area contributed by atoms with E-state index in [-0.39, 0.29) is 0 Å². The summed E-state index contributed by atoms with van der Waals surface area (Å²) in [4.78, 5) is 2.69. The van der Waals surface area contributed by atoms with E-state index < -0.39 is 0 Å². The van der Waals surface area contributed by atoms with E-state index in [4.69, 9.17) is 0 Å². The molecule has 5 aromatic rings. The molecule has 0 aliphatic carbocycles. The molecule has 1 aromatic heterocycles. The van der Waals surface area contributed by atoms with Crippen molar-refractivity contribution in [2.45, 2.75) is 65.2 Å². The molecule has 0 aliphatic heterocycles. The monoisotopic (exact) mass is 476 g/mol. The normalized spacial score (nSPS) is 11.5. The van der Waals surface area contributed by atoms with Crippen LogP contribution < -0.4 is 0 Å². The summed E-state index contributed by atoms with van der Waals surface area (Å²) in [6, 6.07) is 31.8. The number of thiophene rings is 1. The van der Waals surface area contributed by atoms with Gasteiger partial charge in [0.1, 0.15) is 0 Å². The first-order chi connectivity index (χ1) is 17.3. The Labute approximate surface area is 214 Å². The Kier molecular flexibility index (Phi) is 7.64. The van der Waals surface area contributed by atoms with Gasteiger partial charge in [-0.25, -0.2) is 0 Å². The van der Waals surface area contributed by atoms with Gasteiger partial charge in [-0.2, -0.15) is 0 Å². The highest BCUT2D eigenvalue weighted by Gasteiger charge is 2.15. The maximum absolute atomic E-state index is 2.49. The van der Waals surface area contributed by atoms with Crippen LogP contribution in [-0.2, 0) is 12.8 Å². The van der Waals surface area contributed by atoms with E-state index in [1.165, 1.54) is 81.0 Å². The van der Waals surface area contributed by atoms with E-state index in [9.17, 15) is 0 Å². The van der Waals surface area contributed by atoms with Crippen LogP contribution in [0.4, 0.5) is 0 Å². The summed E-state index contributed by atoms with van der Waals surface area (Å²) >= 11 is 1.90. The lowest BCUT2D eigenvalue weighted by molar-refractivity contribution is 0.719. The maximum atomic E-state index is 2.49. The Hall–Kier alpha value is -2.90. The fraction of sp³-hybridized carbons (Fsp3) is 0.294. The molecule has 0 aliphatic rings. The van der Waals surface area contributed by atoms with Crippen LogP contribution >= 0.6 is 11.3 Å². The highest BCUT2D eigenvalue weighted by atomic mass is 32.1. The first kappa shape index (κ1) is 23.8. The molecule has 0 fully saturated rings. The molecule has 1 heteroatoms. The zero-order chi connectivity index (χ0) is 24.0. The summed E-state index contributed by atoms with van der Waals surface area (Å²) in [5.74, 6) is 0. The number of hydrogen-bond donors (Lipinski definition) is 0. The van der Waals surface area contributed by atoms with Crippen molar-refractivity contribution in [3.05, 3.63) is 96.1 Å². The molecule has 5 rings (SSSR count). The second-order valence-corrected chi connectivity index (χ2v) is 10.8. The van der Waals surface area contributed by atoms with Gasteiger partial charge in [0.15, 0.2) is 0 Å². The van der Waals surface area contributed by atoms with Crippen molar-refractivity contribution in [3.8, 4) is 20.9 Å². The predicted molar refractivity (Wildman–Crippen MR) is 157 cm³/mol. The van der Waals surface area contributed by atoms with E-state index in [1.54, 1.807) is 11.1 Å². The molecule has 0 saturated heterocycles. The van der Waals surface area contributed by atoms with Crippen molar-refractivity contribution in [2.75, 3.05) is 0 Å². The number of rotatable bonds is 10. The second kappa shape index (κ2) is 11.2. The van der Waals surface area contributed by atoms with E-state index in [0.29, 0.717) is 0 Å². The van der Waals surface area contributed by atoms with Crippen molar-refractivity contribution in [3.63, 3.8) is 0 Å². The molecule has 0 atom stereocenters. The van der Waals surface area contributed by atoms with Crippen LogP contribution in [-0.4, -0.2) is 0 Å². The number of fused-ring (bicyclic) bond motifs is 2. The molecular formula is C34H36S. The number of benzene rings is 4. The van der Waals surface area contributed by atoms with Crippen molar-refractivity contribution >= 4 is 32.9 Å². The number of unbranched alkanes of at least 4 members (excludes halogenated alkanes) is 4. The zero-order valence-corrected chi connectivity index (χ0v) is 22.0. The maximum Gasteiger partial charge on any atom is 0.0349 e. The van der Waals surface area contributed by atoms with Crippen molar-refractivity contribution in [1.29, 1.82) is 0 Å². The Bertz CT molecular complexity index is 1410. The summed E-state index contributed by atoms with van der Waals surface area (Å²) in [7, 11) is 0. The molecule has 1 heterocycles. The topological polar surface area (TPSA) is 0 Å². The molecule has 0 unspecified atom stereocenters. The summed E-state index contributed by atoms with van der Waals surface area (Å²) in [6.07, 6.45) is 9.94. The average Bonchev–Trinajstić information content (AvgIpc) is 3.40. The van der Waals surface area contributed by atoms with E-state index in [1.807, 2.05) is 11.3 Å². The van der Waals surface area contributed by atoms with Crippen LogP contribution in [0.15, 0.2) is 84.9 Å². The van der Waals surface area contributed by atoms with Crippen LogP contribution in [0.2, 0.25) is 0 Å². The third-order valence-electron chi connectivity index (χ3n) is 7.26. The van der Waals surface area contributed by atoms with Crippen molar-refractivity contribution in [1.82, 2.24) is 0 Å². The van der Waals surface area contributed by atoms with Crippen LogP contribution in [0, 0.1) is 0 Å². The minimum Gasteiger partial charge on any atom is -0.135 e. The van der Waals surface area contributed by atoms with Gasteiger partial charge in [0.2, 0.25) is 0 Å². The van der Waals surface area contributed by atoms with E-state index >= 15 is 0 Å². The molecule has 0 spiro atoms. The predicted octanol–water partition coefficient (Wildman–Crippen LogP) is 10.9. The zero-order valence-electron chi connectivity index (χ0n) is 21.1. The van der Waals surface area contributed by atoms with Crippen molar-refractivity contribution < 1.29 is 0 Å². The minimum atomic E-state index is 1.16. The Morgan fingerprint density at radius 2 is 1.03 bits per heavy atom. The largest absolute Gasteiger partial charge is 0.135 e. The van der Waals surface area contributed by atoms with Crippen LogP contribution in [0.25, 0.3) is 42.4 Å². The molecular weight excluding hydrogens is 440 g/mol. The van der Waals surface area contributed by atoms with Gasteiger partial charge in [0, 0.05) is 9.75 Å². The third kappa shape index (κ3) is 5.07. The average molecular weight is 477 g/mol. The van der Waals surface area contributed by atoms with Gasteiger partial charge in [-0.1, -0.05) is 106 Å². The van der Waals surface area contributed by atoms with Gasteiger partial charge in [-0.15, -0.1) is 11.3 Å². The van der Waals surface area contributed by atoms with Crippen LogP contribution in [0.5, 0.6) is 0 Å². The molecule has 0 amide bonds. The van der Waals surface area contributed by atoms with Gasteiger partial charge in [-0.3, -0.25) is 0 Å². The second-order valence-electron chi connectivity index (χ2n) is 9.71. The fourth-order valence-corrected chi connectivity index (χ4v) is 6.41. The Balaban J connectivity index is 1.65. The lowest BCUT2D eigenvalue weighted by Gasteiger charge is -2.18. The molecule has 0 saturated carbocycles. The summed E-state index contributed by atoms with van der Waals surface area (Å²) < 4.78 is 0. The van der Waals surface area contributed by atoms with Gasteiger partial charge in [0.05, 0.1) is 0 Å². The number of hydrogen-bond acceptors (Lipinski definition) is 1. The molecule has 0 radical (unpaired) electrons.